The molecule has 0 unspecified atom stereocenters. The van der Waals surface area contributed by atoms with E-state index in [1.54, 1.807) is 18.3 Å². The van der Waals surface area contributed by atoms with Crippen molar-refractivity contribution in [1.82, 2.24) is 4.98 Å². The molecule has 0 atom stereocenters. The Kier molecular flexibility index (Phi) is 96.2. The smallest absolute Gasteiger partial charge is 0.0385 e. The van der Waals surface area contributed by atoms with Crippen LogP contribution in [0.1, 0.15) is 55.4 Å². The minimum atomic E-state index is 1.66. The molecule has 1 rings (SSSR count). The molecule has 14 heavy (non-hydrogen) atoms. The topological polar surface area (TPSA) is 12.9 Å². The number of aromatic nitrogens is 1. The molecule has 0 fully saturated rings. The number of rotatable bonds is 0. The van der Waals surface area contributed by atoms with Gasteiger partial charge in [-0.2, -0.15) is 0 Å². The highest BCUT2D eigenvalue weighted by molar-refractivity contribution is 4.79. The van der Waals surface area contributed by atoms with Crippen molar-refractivity contribution in [2.45, 2.75) is 55.4 Å². The highest BCUT2D eigenvalue weighted by Gasteiger charge is 1.53. The Hall–Kier alpha value is -1.03. The molecule has 0 amide bonds. The maximum atomic E-state index is 3.60. The number of nitrogens with zero attached hydrogens (tertiary/aromatic N) is 1. The van der Waals surface area contributed by atoms with Crippen molar-refractivity contribution in [3.63, 3.8) is 0 Å². The molecule has 1 heteroatoms. The van der Waals surface area contributed by atoms with Gasteiger partial charge in [0.1, 0.15) is 0 Å². The molecule has 0 aromatic carbocycles. The lowest BCUT2D eigenvalue weighted by Gasteiger charge is -1.61. The van der Waals surface area contributed by atoms with Crippen LogP contribution in [0.4, 0.5) is 0 Å². The van der Waals surface area contributed by atoms with Crippen molar-refractivity contribution in [1.29, 1.82) is 0 Å². The van der Waals surface area contributed by atoms with Crippen LogP contribution in [0.25, 0.3) is 0 Å². The normalized spacial score (nSPS) is 4.57. The Balaban J connectivity index is -0.0000000542. The average Bonchev–Trinajstić information content (AvgIpc) is 2.41. The molecule has 84 valence electrons. The number of hydrogen-bond acceptors (Lipinski definition) is 1. The third kappa shape index (κ3) is 44.1. The van der Waals surface area contributed by atoms with Crippen molar-refractivity contribution < 1.29 is 0 Å². The Bertz CT molecular complexity index is 77.2. The summed E-state index contributed by atoms with van der Waals surface area (Å²) in [4.78, 5) is 3.60. The lowest BCUT2D eigenvalue weighted by atomic mass is 10.6. The summed E-state index contributed by atoms with van der Waals surface area (Å²) in [6.07, 6.45) is 4.18. The molecule has 0 radical (unpaired) electrons. The van der Waals surface area contributed by atoms with E-state index in [1.807, 2.05) is 55.4 Å². The zero-order valence-corrected chi connectivity index (χ0v) is 11.2. The van der Waals surface area contributed by atoms with E-state index in [4.69, 9.17) is 0 Å². The molecule has 0 saturated heterocycles. The van der Waals surface area contributed by atoms with Crippen LogP contribution in [0.2, 0.25) is 0 Å². The summed E-state index contributed by atoms with van der Waals surface area (Å²) < 4.78 is 0. The molecule has 0 saturated carbocycles. The second-order valence-corrected chi connectivity index (χ2v) is 0.893. The quantitative estimate of drug-likeness (QED) is 0.583. The zero-order chi connectivity index (χ0) is 12.2. The maximum Gasteiger partial charge on any atom is 0.0385 e. The third-order valence-electron chi connectivity index (χ3n) is 0.469. The Labute approximate surface area is 91.6 Å². The van der Waals surface area contributed by atoms with Crippen LogP contribution in [0.5, 0.6) is 0 Å². The molecule has 0 aliphatic rings. The fourth-order valence-electron chi connectivity index (χ4n) is 0.246. The van der Waals surface area contributed by atoms with Crippen molar-refractivity contribution in [3.05, 3.63) is 30.6 Å². The minimum Gasteiger partial charge on any atom is -0.206 e. The van der Waals surface area contributed by atoms with Crippen molar-refractivity contribution in [2.24, 2.45) is 0 Å². The summed E-state index contributed by atoms with van der Waals surface area (Å²) in [6.45, 7) is 16.0. The van der Waals surface area contributed by atoms with Gasteiger partial charge in [-0.3, -0.25) is 0 Å². The Morgan fingerprint density at radius 2 is 1.21 bits per heavy atom. The van der Waals surface area contributed by atoms with Crippen LogP contribution in [0.15, 0.2) is 18.3 Å². The van der Waals surface area contributed by atoms with Gasteiger partial charge in [0.15, 0.2) is 0 Å². The van der Waals surface area contributed by atoms with Gasteiger partial charge in [0.05, 0.1) is 0 Å². The molecule has 1 nitrogen and oxygen atoms in total. The largest absolute Gasteiger partial charge is 0.206 e. The Morgan fingerprint density at radius 3 is 1.29 bits per heavy atom. The maximum absolute atomic E-state index is 3.60. The van der Waals surface area contributed by atoms with Gasteiger partial charge in [0.2, 0.25) is 0 Å². The second-order valence-electron chi connectivity index (χ2n) is 0.893. The average molecular weight is 197 g/mol. The van der Waals surface area contributed by atoms with Crippen LogP contribution < -0.4 is 0 Å². The summed E-state index contributed by atoms with van der Waals surface area (Å²) >= 11 is 0. The lowest BCUT2D eigenvalue weighted by molar-refractivity contribution is 1.35. The molecule has 0 aliphatic carbocycles. The van der Waals surface area contributed by atoms with E-state index in [2.05, 4.69) is 17.2 Å². The fraction of sp³-hybridized carbons (Fsp3) is 0.615. The summed E-state index contributed by atoms with van der Waals surface area (Å²) in [7, 11) is 0. The first-order valence-electron chi connectivity index (χ1n) is 5.69. The Morgan fingerprint density at radius 1 is 0.786 bits per heavy atom. The van der Waals surface area contributed by atoms with E-state index in [-0.39, 0.29) is 0 Å². The molecular weight excluding hydrogens is 170 g/mol. The summed E-state index contributed by atoms with van der Waals surface area (Å²) in [6, 6.07) is 6.22. The molecule has 1 heterocycles. The van der Waals surface area contributed by atoms with Gasteiger partial charge in [-0.1, -0.05) is 55.4 Å². The van der Waals surface area contributed by atoms with E-state index in [1.165, 1.54) is 0 Å². The van der Waals surface area contributed by atoms with Crippen LogP contribution in [-0.4, -0.2) is 4.98 Å². The van der Waals surface area contributed by atoms with Gasteiger partial charge < -0.3 is 0 Å². The SMILES string of the molecule is CC.CC.CC.CC.c1cccnc#1. The summed E-state index contributed by atoms with van der Waals surface area (Å²) in [5.74, 6) is 0. The van der Waals surface area contributed by atoms with Crippen LogP contribution in [0, 0.1) is 12.3 Å². The van der Waals surface area contributed by atoms with Crippen LogP contribution in [-0.2, 0) is 0 Å². The van der Waals surface area contributed by atoms with Crippen molar-refractivity contribution >= 4 is 0 Å². The second kappa shape index (κ2) is 58.3. The first-order chi connectivity index (χ1) is 7.00. The van der Waals surface area contributed by atoms with Gasteiger partial charge in [0, 0.05) is 12.4 Å². The van der Waals surface area contributed by atoms with Gasteiger partial charge in [-0.05, 0) is 18.2 Å². The summed E-state index contributed by atoms with van der Waals surface area (Å²) in [5.41, 5.74) is 0. The molecule has 1 aromatic heterocycles. The van der Waals surface area contributed by atoms with Crippen LogP contribution >= 0.6 is 0 Å². The number of hydrogen-bond donors (Lipinski definition) is 0. The first kappa shape index (κ1) is 23.1. The predicted octanol–water partition coefficient (Wildman–Crippen LogP) is 4.79. The van der Waals surface area contributed by atoms with Gasteiger partial charge >= 0.3 is 0 Å². The third-order valence-corrected chi connectivity index (χ3v) is 0.469. The molecular formula is C13H27N. The van der Waals surface area contributed by atoms with E-state index in [0.717, 1.165) is 0 Å². The van der Waals surface area contributed by atoms with E-state index >= 15 is 0 Å². The van der Waals surface area contributed by atoms with E-state index in [0.29, 0.717) is 0 Å². The molecule has 0 aliphatic heterocycles. The van der Waals surface area contributed by atoms with Gasteiger partial charge in [0.25, 0.3) is 0 Å². The zero-order valence-electron chi connectivity index (χ0n) is 11.2. The highest BCUT2D eigenvalue weighted by atomic mass is 14.6. The summed E-state index contributed by atoms with van der Waals surface area (Å²) in [5, 5.41) is 0. The highest BCUT2D eigenvalue weighted by Crippen LogP contribution is 1.65. The van der Waals surface area contributed by atoms with Gasteiger partial charge in [-0.25, -0.2) is 4.98 Å². The fourth-order valence-corrected chi connectivity index (χ4v) is 0.246. The van der Waals surface area contributed by atoms with Crippen LogP contribution in [0.3, 0.4) is 0 Å². The monoisotopic (exact) mass is 197 g/mol. The van der Waals surface area contributed by atoms with Gasteiger partial charge in [-0.15, -0.1) is 0 Å². The predicted molar refractivity (Wildman–Crippen MR) is 67.3 cm³/mol. The first-order valence-corrected chi connectivity index (χ1v) is 5.69. The van der Waals surface area contributed by atoms with Crippen molar-refractivity contribution in [3.8, 4) is 0 Å². The standard InChI is InChI=1S/C5H3N.4C2H6/c1-2-4-6-5-3-1;4*1-2/h1-2,4H;4*1-2H3. The minimum absolute atomic E-state index is 1.66. The van der Waals surface area contributed by atoms with E-state index in [9.17, 15) is 0 Å². The van der Waals surface area contributed by atoms with Crippen molar-refractivity contribution in [2.75, 3.05) is 0 Å². The van der Waals surface area contributed by atoms with E-state index < -0.39 is 0 Å². The lowest BCUT2D eigenvalue weighted by Crippen LogP contribution is -1.54. The molecule has 0 spiro atoms. The molecule has 1 aromatic rings. The molecule has 0 N–H and O–H groups in total. The molecule has 0 bridgehead atoms.